The van der Waals surface area contributed by atoms with Gasteiger partial charge in [0.2, 0.25) is 0 Å². The molecule has 0 spiro atoms. The van der Waals surface area contributed by atoms with Crippen molar-refractivity contribution in [2.45, 2.75) is 84.3 Å². The Morgan fingerprint density at radius 2 is 1.64 bits per heavy atom. The molecule has 0 fully saturated rings. The van der Waals surface area contributed by atoms with Crippen molar-refractivity contribution in [1.29, 1.82) is 0 Å². The van der Waals surface area contributed by atoms with Crippen LogP contribution >= 0.6 is 0 Å². The third kappa shape index (κ3) is 6.40. The van der Waals surface area contributed by atoms with E-state index in [0.717, 1.165) is 11.1 Å². The summed E-state index contributed by atoms with van der Waals surface area (Å²) in [4.78, 5) is 42.8. The maximum atomic E-state index is 13.1. The van der Waals surface area contributed by atoms with Crippen LogP contribution in [0, 0.1) is 11.8 Å². The lowest BCUT2D eigenvalue weighted by Crippen LogP contribution is -2.41. The summed E-state index contributed by atoms with van der Waals surface area (Å²) in [6.07, 6.45) is 5.74. The Balaban J connectivity index is 2.54. The first-order valence-corrected chi connectivity index (χ1v) is 11.6. The average Bonchev–Trinajstić information content (AvgIpc) is 3.19. The fourth-order valence-corrected chi connectivity index (χ4v) is 4.46. The van der Waals surface area contributed by atoms with Crippen LogP contribution in [0.1, 0.15) is 84.3 Å². The summed E-state index contributed by atoms with van der Waals surface area (Å²) in [5.41, 5.74) is 0.00430. The zero-order chi connectivity index (χ0) is 25.0. The number of Topliss-reactive ketones (excluding diaryl/α,β-unsaturated/α-hetero) is 1. The molecular formula is C27H37NO5. The predicted octanol–water partition coefficient (Wildman–Crippen LogP) is 5.32. The molecule has 6 nitrogen and oxygen atoms in total. The number of carbonyl (C=O) groups is 3. The molecule has 1 aliphatic rings. The Bertz CT molecular complexity index is 909. The van der Waals surface area contributed by atoms with Crippen LogP contribution in [0.2, 0.25) is 0 Å². The van der Waals surface area contributed by atoms with E-state index < -0.39 is 34.9 Å². The van der Waals surface area contributed by atoms with Crippen LogP contribution in [0.5, 0.6) is 0 Å². The summed E-state index contributed by atoms with van der Waals surface area (Å²) < 4.78 is 5.51. The van der Waals surface area contributed by atoms with Crippen molar-refractivity contribution in [3.63, 3.8) is 0 Å². The number of hydrogen-bond acceptors (Lipinski definition) is 5. The number of nitrogens with zero attached hydrogens (tertiary/aromatic N) is 1. The molecule has 0 aliphatic carbocycles. The smallest absolute Gasteiger partial charge is 0.321 e. The number of carbonyl (C=O) groups excluding carboxylic acids is 2. The minimum Gasteiger partial charge on any atom is -0.481 e. The molecule has 1 N–H and O–H groups in total. The molecule has 0 saturated carbocycles. The molecule has 0 radical (unpaired) electrons. The second-order valence-corrected chi connectivity index (χ2v) is 10.2. The van der Waals surface area contributed by atoms with Crippen LogP contribution < -0.4 is 0 Å². The first kappa shape index (κ1) is 26.5. The lowest BCUT2D eigenvalue weighted by atomic mass is 9.71. The van der Waals surface area contributed by atoms with Gasteiger partial charge in [-0.1, -0.05) is 52.0 Å². The molecule has 6 heteroatoms. The highest BCUT2D eigenvalue weighted by atomic mass is 16.6. The summed E-state index contributed by atoms with van der Waals surface area (Å²) in [6.45, 7) is 13.0. The third-order valence-corrected chi connectivity index (χ3v) is 6.09. The highest BCUT2D eigenvalue weighted by Gasteiger charge is 2.45. The number of rotatable bonds is 10. The summed E-state index contributed by atoms with van der Waals surface area (Å²) in [5, 5.41) is 10.1. The van der Waals surface area contributed by atoms with Crippen LogP contribution in [0.15, 0.2) is 41.4 Å². The second-order valence-electron chi connectivity index (χ2n) is 10.2. The normalized spacial score (nSPS) is 20.5. The Morgan fingerprint density at radius 1 is 1.06 bits per heavy atom. The summed E-state index contributed by atoms with van der Waals surface area (Å²) >= 11 is 0. The van der Waals surface area contributed by atoms with Gasteiger partial charge in [-0.3, -0.25) is 19.4 Å². The molecule has 1 aliphatic heterocycles. The van der Waals surface area contributed by atoms with Crippen molar-refractivity contribution in [1.82, 2.24) is 0 Å². The van der Waals surface area contributed by atoms with E-state index in [9.17, 15) is 19.5 Å². The number of carboxylic acid groups (broad SMARTS) is 1. The third-order valence-electron chi connectivity index (χ3n) is 6.09. The van der Waals surface area contributed by atoms with Crippen LogP contribution in [0.4, 0.5) is 0 Å². The van der Waals surface area contributed by atoms with Crippen LogP contribution in [-0.4, -0.2) is 40.2 Å². The van der Waals surface area contributed by atoms with Crippen LogP contribution in [0.3, 0.4) is 0 Å². The number of hydrogen-bond donors (Lipinski definition) is 1. The lowest BCUT2D eigenvalue weighted by Gasteiger charge is -2.34. The molecule has 33 heavy (non-hydrogen) atoms. The van der Waals surface area contributed by atoms with E-state index in [1.807, 2.05) is 31.2 Å². The topological polar surface area (TPSA) is 93.0 Å². The molecule has 0 aromatic heterocycles. The van der Waals surface area contributed by atoms with E-state index in [2.05, 4.69) is 18.8 Å². The Morgan fingerprint density at radius 3 is 2.06 bits per heavy atom. The lowest BCUT2D eigenvalue weighted by molar-refractivity contribution is -0.168. The van der Waals surface area contributed by atoms with Gasteiger partial charge in [-0.15, -0.1) is 0 Å². The van der Waals surface area contributed by atoms with E-state index in [4.69, 9.17) is 4.74 Å². The maximum absolute atomic E-state index is 13.1. The Kier molecular flexibility index (Phi) is 8.39. The number of benzene rings is 1. The molecule has 0 amide bonds. The second kappa shape index (κ2) is 10.4. The van der Waals surface area contributed by atoms with E-state index in [-0.39, 0.29) is 11.7 Å². The van der Waals surface area contributed by atoms with Gasteiger partial charge in [-0.05, 0) is 62.3 Å². The fraction of sp³-hybridized carbons (Fsp3) is 0.556. The van der Waals surface area contributed by atoms with Crippen molar-refractivity contribution in [2.75, 3.05) is 0 Å². The van der Waals surface area contributed by atoms with Gasteiger partial charge in [0.15, 0.2) is 11.7 Å². The molecule has 180 valence electrons. The van der Waals surface area contributed by atoms with Crippen molar-refractivity contribution in [2.24, 2.45) is 16.8 Å². The van der Waals surface area contributed by atoms with E-state index in [1.54, 1.807) is 46.1 Å². The largest absolute Gasteiger partial charge is 0.481 e. The van der Waals surface area contributed by atoms with Gasteiger partial charge in [-0.25, -0.2) is 0 Å². The molecule has 1 aromatic carbocycles. The number of ketones is 1. The molecule has 4 unspecified atom stereocenters. The highest BCUT2D eigenvalue weighted by molar-refractivity contribution is 5.96. The summed E-state index contributed by atoms with van der Waals surface area (Å²) in [5.74, 6) is -4.18. The number of allylic oxidation sites excluding steroid dienone is 1. The van der Waals surface area contributed by atoms with E-state index in [1.165, 1.54) is 0 Å². The molecule has 0 saturated heterocycles. The minimum atomic E-state index is -1.41. The van der Waals surface area contributed by atoms with Gasteiger partial charge >= 0.3 is 11.9 Å². The van der Waals surface area contributed by atoms with E-state index >= 15 is 0 Å². The average molecular weight is 456 g/mol. The summed E-state index contributed by atoms with van der Waals surface area (Å²) in [6, 6.07) is 7.71. The minimum absolute atomic E-state index is 0.0302. The molecule has 4 atom stereocenters. The van der Waals surface area contributed by atoms with E-state index in [0.29, 0.717) is 18.8 Å². The van der Waals surface area contributed by atoms with Gasteiger partial charge in [0.1, 0.15) is 11.1 Å². The first-order chi connectivity index (χ1) is 15.3. The predicted molar refractivity (Wildman–Crippen MR) is 130 cm³/mol. The molecule has 1 aromatic rings. The van der Waals surface area contributed by atoms with Gasteiger partial charge in [-0.2, -0.15) is 0 Å². The quantitative estimate of drug-likeness (QED) is 0.381. The SMILES string of the molecule is CCC(=O)C1(CC(C)C(c2ccc(C(C)C)cc2)C(C(=O)O)C(=O)OC(C)(C)C)C=CC=N1. The number of ether oxygens (including phenoxy) is 1. The molecule has 0 bridgehead atoms. The number of esters is 1. The van der Waals surface area contributed by atoms with Crippen molar-refractivity contribution < 1.29 is 24.2 Å². The van der Waals surface area contributed by atoms with Gasteiger partial charge < -0.3 is 9.84 Å². The number of aliphatic carboxylic acids is 1. The molecule has 1 heterocycles. The highest BCUT2D eigenvalue weighted by Crippen LogP contribution is 2.41. The first-order valence-electron chi connectivity index (χ1n) is 11.6. The Labute approximate surface area is 197 Å². The van der Waals surface area contributed by atoms with Crippen molar-refractivity contribution in [3.05, 3.63) is 47.5 Å². The van der Waals surface area contributed by atoms with Crippen molar-refractivity contribution in [3.8, 4) is 0 Å². The van der Waals surface area contributed by atoms with Crippen molar-refractivity contribution >= 4 is 23.9 Å². The Hall–Kier alpha value is -2.76. The standard InChI is InChI=1S/C27H37NO5/c1-8-21(29)27(14-9-15-28-27)16-18(4)22(20-12-10-19(11-13-20)17(2)3)23(24(30)31)25(32)33-26(5,6)7/h9-15,17-18,22-23H,8,16H2,1-7H3,(H,30,31). The molecular weight excluding hydrogens is 418 g/mol. The molecule has 2 rings (SSSR count). The fourth-order valence-electron chi connectivity index (χ4n) is 4.46. The van der Waals surface area contributed by atoms with Crippen LogP contribution in [0.25, 0.3) is 0 Å². The zero-order valence-electron chi connectivity index (χ0n) is 20.8. The van der Waals surface area contributed by atoms with Gasteiger partial charge in [0.05, 0.1) is 0 Å². The zero-order valence-corrected chi connectivity index (χ0v) is 20.8. The maximum Gasteiger partial charge on any atom is 0.321 e. The van der Waals surface area contributed by atoms with Crippen LogP contribution in [-0.2, 0) is 19.1 Å². The summed E-state index contributed by atoms with van der Waals surface area (Å²) in [7, 11) is 0. The van der Waals surface area contributed by atoms with Gasteiger partial charge in [0, 0.05) is 18.6 Å². The number of aliphatic imine (C=N–C) groups is 1. The van der Waals surface area contributed by atoms with Gasteiger partial charge in [0.25, 0.3) is 0 Å². The monoisotopic (exact) mass is 455 g/mol. The number of carboxylic acids is 1.